The van der Waals surface area contributed by atoms with Crippen molar-refractivity contribution in [1.29, 1.82) is 0 Å². The monoisotopic (exact) mass is 260 g/mol. The van der Waals surface area contributed by atoms with Crippen molar-refractivity contribution in [2.75, 3.05) is 0 Å². The van der Waals surface area contributed by atoms with Crippen molar-refractivity contribution in [2.24, 2.45) is 11.7 Å². The van der Waals surface area contributed by atoms with Gasteiger partial charge in [0, 0.05) is 6.04 Å². The van der Waals surface area contributed by atoms with E-state index in [1.54, 1.807) is 0 Å². The number of nitrogens with two attached hydrogens (primary N) is 1. The first-order valence-electron chi connectivity index (χ1n) is 6.94. The van der Waals surface area contributed by atoms with E-state index in [0.717, 1.165) is 18.4 Å². The number of alkyl carbamates (subject to hydrolysis) is 1. The molecule has 3 rings (SSSR count). The fourth-order valence-electron chi connectivity index (χ4n) is 2.55. The normalized spacial score (nSPS) is 21.5. The lowest BCUT2D eigenvalue weighted by Gasteiger charge is -2.24. The van der Waals surface area contributed by atoms with Crippen LogP contribution in [0.15, 0.2) is 30.3 Å². The summed E-state index contributed by atoms with van der Waals surface area (Å²) < 4.78 is 5.25. The van der Waals surface area contributed by atoms with Crippen molar-refractivity contribution in [3.8, 4) is 0 Å². The standard InChI is InChI=1S/C15H20N2O2/c16-13(12-6-7-12)15(8-9-15)17-14(18)19-10-11-4-2-1-3-5-11/h1-5,12-13H,6-10,16H2,(H,17,18)/t13-/m1/s1. The Kier molecular flexibility index (Phi) is 3.19. The fourth-order valence-corrected chi connectivity index (χ4v) is 2.55. The maximum absolute atomic E-state index is 11.8. The number of carbonyl (C=O) groups is 1. The van der Waals surface area contributed by atoms with Crippen LogP contribution in [0.1, 0.15) is 31.2 Å². The maximum Gasteiger partial charge on any atom is 0.407 e. The van der Waals surface area contributed by atoms with E-state index in [0.29, 0.717) is 12.5 Å². The second kappa shape index (κ2) is 4.85. The van der Waals surface area contributed by atoms with Crippen molar-refractivity contribution >= 4 is 6.09 Å². The Bertz CT molecular complexity index is 452. The molecule has 1 aromatic carbocycles. The molecule has 2 aliphatic carbocycles. The molecule has 0 bridgehead atoms. The van der Waals surface area contributed by atoms with Gasteiger partial charge < -0.3 is 15.8 Å². The SMILES string of the molecule is N[C@H](C1CC1)C1(NC(=O)OCc2ccccc2)CC1. The van der Waals surface area contributed by atoms with E-state index < -0.39 is 0 Å². The highest BCUT2D eigenvalue weighted by Gasteiger charge is 2.54. The van der Waals surface area contributed by atoms with Gasteiger partial charge in [-0.2, -0.15) is 0 Å². The van der Waals surface area contributed by atoms with Crippen LogP contribution in [0, 0.1) is 5.92 Å². The van der Waals surface area contributed by atoms with Crippen LogP contribution in [0.4, 0.5) is 4.79 Å². The first kappa shape index (κ1) is 12.5. The molecule has 2 aliphatic rings. The van der Waals surface area contributed by atoms with Crippen molar-refractivity contribution in [3.05, 3.63) is 35.9 Å². The van der Waals surface area contributed by atoms with Gasteiger partial charge in [0.05, 0.1) is 5.54 Å². The molecule has 0 unspecified atom stereocenters. The molecule has 4 nitrogen and oxygen atoms in total. The predicted octanol–water partition coefficient (Wildman–Crippen LogP) is 2.18. The van der Waals surface area contributed by atoms with Crippen LogP contribution in [-0.2, 0) is 11.3 Å². The van der Waals surface area contributed by atoms with Crippen LogP contribution in [0.3, 0.4) is 0 Å². The number of amides is 1. The smallest absolute Gasteiger partial charge is 0.407 e. The van der Waals surface area contributed by atoms with Gasteiger partial charge >= 0.3 is 6.09 Å². The molecular weight excluding hydrogens is 240 g/mol. The largest absolute Gasteiger partial charge is 0.445 e. The number of rotatable bonds is 5. The summed E-state index contributed by atoms with van der Waals surface area (Å²) >= 11 is 0. The molecule has 2 saturated carbocycles. The summed E-state index contributed by atoms with van der Waals surface area (Å²) in [5.41, 5.74) is 7.01. The molecule has 2 fully saturated rings. The van der Waals surface area contributed by atoms with Crippen LogP contribution in [0.5, 0.6) is 0 Å². The number of hydrogen-bond acceptors (Lipinski definition) is 3. The molecule has 1 aromatic rings. The molecule has 0 aromatic heterocycles. The van der Waals surface area contributed by atoms with E-state index in [4.69, 9.17) is 10.5 Å². The zero-order valence-electron chi connectivity index (χ0n) is 11.0. The highest BCUT2D eigenvalue weighted by Crippen LogP contribution is 2.46. The van der Waals surface area contributed by atoms with Crippen LogP contribution in [0.25, 0.3) is 0 Å². The quantitative estimate of drug-likeness (QED) is 0.853. The van der Waals surface area contributed by atoms with Gasteiger partial charge in [-0.3, -0.25) is 0 Å². The Balaban J connectivity index is 1.49. The summed E-state index contributed by atoms with van der Waals surface area (Å²) in [5, 5.41) is 2.97. The highest BCUT2D eigenvalue weighted by atomic mass is 16.5. The molecule has 1 atom stereocenters. The number of carbonyl (C=O) groups excluding carboxylic acids is 1. The first-order valence-corrected chi connectivity index (χ1v) is 6.94. The average Bonchev–Trinajstić information content (AvgIpc) is 3.31. The van der Waals surface area contributed by atoms with Gasteiger partial charge in [-0.05, 0) is 37.2 Å². The van der Waals surface area contributed by atoms with Gasteiger partial charge in [-0.1, -0.05) is 30.3 Å². The van der Waals surface area contributed by atoms with E-state index in [1.165, 1.54) is 12.8 Å². The first-order chi connectivity index (χ1) is 9.20. The van der Waals surface area contributed by atoms with Crippen molar-refractivity contribution in [2.45, 2.75) is 43.9 Å². The van der Waals surface area contributed by atoms with Gasteiger partial charge in [0.15, 0.2) is 0 Å². The summed E-state index contributed by atoms with van der Waals surface area (Å²) in [6.07, 6.45) is 4.00. The fraction of sp³-hybridized carbons (Fsp3) is 0.533. The third kappa shape index (κ3) is 2.89. The van der Waals surface area contributed by atoms with Gasteiger partial charge in [0.25, 0.3) is 0 Å². The minimum absolute atomic E-state index is 0.0942. The van der Waals surface area contributed by atoms with Gasteiger partial charge in [-0.25, -0.2) is 4.79 Å². The molecule has 0 radical (unpaired) electrons. The minimum Gasteiger partial charge on any atom is -0.445 e. The molecule has 0 heterocycles. The second-order valence-corrected chi connectivity index (χ2v) is 5.71. The van der Waals surface area contributed by atoms with Gasteiger partial charge in [0.1, 0.15) is 6.61 Å². The number of nitrogens with one attached hydrogen (secondary N) is 1. The lowest BCUT2D eigenvalue weighted by atomic mass is 10.0. The zero-order chi connectivity index (χ0) is 13.3. The molecule has 0 aliphatic heterocycles. The molecule has 4 heteroatoms. The van der Waals surface area contributed by atoms with Gasteiger partial charge in [0.2, 0.25) is 0 Å². The summed E-state index contributed by atoms with van der Waals surface area (Å²) in [6, 6.07) is 9.78. The number of ether oxygens (including phenoxy) is 1. The predicted molar refractivity (Wildman–Crippen MR) is 72.4 cm³/mol. The average molecular weight is 260 g/mol. The van der Waals surface area contributed by atoms with Crippen LogP contribution in [-0.4, -0.2) is 17.7 Å². The van der Waals surface area contributed by atoms with E-state index in [1.807, 2.05) is 30.3 Å². The minimum atomic E-state index is -0.350. The molecule has 0 saturated heterocycles. The Morgan fingerprint density at radius 2 is 2.05 bits per heavy atom. The van der Waals surface area contributed by atoms with E-state index in [2.05, 4.69) is 5.32 Å². The zero-order valence-corrected chi connectivity index (χ0v) is 11.0. The molecule has 102 valence electrons. The van der Waals surface area contributed by atoms with Crippen molar-refractivity contribution in [1.82, 2.24) is 5.32 Å². The maximum atomic E-state index is 11.8. The Morgan fingerprint density at radius 3 is 2.63 bits per heavy atom. The van der Waals surface area contributed by atoms with Crippen molar-refractivity contribution in [3.63, 3.8) is 0 Å². The lowest BCUT2D eigenvalue weighted by molar-refractivity contribution is 0.131. The topological polar surface area (TPSA) is 64.3 Å². The van der Waals surface area contributed by atoms with Crippen LogP contribution < -0.4 is 11.1 Å². The molecule has 3 N–H and O–H groups in total. The van der Waals surface area contributed by atoms with E-state index in [-0.39, 0.29) is 17.7 Å². The highest BCUT2D eigenvalue weighted by molar-refractivity contribution is 5.69. The Labute approximate surface area is 113 Å². The summed E-state index contributed by atoms with van der Waals surface area (Å²) in [7, 11) is 0. The van der Waals surface area contributed by atoms with Crippen molar-refractivity contribution < 1.29 is 9.53 Å². The van der Waals surface area contributed by atoms with E-state index >= 15 is 0 Å². The summed E-state index contributed by atoms with van der Waals surface area (Å²) in [4.78, 5) is 11.8. The van der Waals surface area contributed by atoms with Crippen LogP contribution in [0.2, 0.25) is 0 Å². The molecule has 1 amide bonds. The third-order valence-corrected chi connectivity index (χ3v) is 4.12. The number of benzene rings is 1. The third-order valence-electron chi connectivity index (χ3n) is 4.12. The van der Waals surface area contributed by atoms with E-state index in [9.17, 15) is 4.79 Å². The Morgan fingerprint density at radius 1 is 1.37 bits per heavy atom. The molecular formula is C15H20N2O2. The number of hydrogen-bond donors (Lipinski definition) is 2. The summed E-state index contributed by atoms with van der Waals surface area (Å²) in [6.45, 7) is 0.307. The molecule has 19 heavy (non-hydrogen) atoms. The Hall–Kier alpha value is -1.55. The van der Waals surface area contributed by atoms with Gasteiger partial charge in [-0.15, -0.1) is 0 Å². The summed E-state index contributed by atoms with van der Waals surface area (Å²) in [5.74, 6) is 0.594. The second-order valence-electron chi connectivity index (χ2n) is 5.71. The lowest BCUT2D eigenvalue weighted by Crippen LogP contribution is -2.51. The van der Waals surface area contributed by atoms with Crippen LogP contribution >= 0.6 is 0 Å². The molecule has 0 spiro atoms.